The van der Waals surface area contributed by atoms with Crippen LogP contribution in [0.15, 0.2) is 17.1 Å². The molecule has 98 valence electrons. The Morgan fingerprint density at radius 1 is 0.824 bits per heavy atom. The Morgan fingerprint density at radius 2 is 1.41 bits per heavy atom. The van der Waals surface area contributed by atoms with Crippen molar-refractivity contribution in [3.05, 3.63) is 12.2 Å². The van der Waals surface area contributed by atoms with Crippen LogP contribution in [0, 0.1) is 0 Å². The van der Waals surface area contributed by atoms with Gasteiger partial charge in [0.15, 0.2) is 0 Å². The second-order valence-electron chi connectivity index (χ2n) is 5.22. The van der Waals surface area contributed by atoms with Crippen molar-refractivity contribution in [3.8, 4) is 0 Å². The molecule has 1 atom stereocenters. The third-order valence-electron chi connectivity index (χ3n) is 3.55. The fourth-order valence-electron chi connectivity index (χ4n) is 2.40. The lowest BCUT2D eigenvalue weighted by Gasteiger charge is -2.04. The Bertz CT molecular complexity index is 206. The molecule has 0 saturated carbocycles. The topological polar surface area (TPSA) is 12.4 Å². The van der Waals surface area contributed by atoms with Crippen LogP contribution in [0.4, 0.5) is 0 Å². The molecule has 0 N–H and O–H groups in total. The molecule has 1 heteroatoms. The van der Waals surface area contributed by atoms with E-state index < -0.39 is 0 Å². The first-order chi connectivity index (χ1) is 8.43. The first kappa shape index (κ1) is 14.5. The van der Waals surface area contributed by atoms with Crippen LogP contribution in [0.25, 0.3) is 0 Å². The normalized spacial score (nSPS) is 18.1. The van der Waals surface area contributed by atoms with Crippen LogP contribution < -0.4 is 0 Å². The quantitative estimate of drug-likeness (QED) is 0.430. The summed E-state index contributed by atoms with van der Waals surface area (Å²) in [6, 6.07) is 0.504. The lowest BCUT2D eigenvalue weighted by atomic mass is 10.0. The standard InChI is InChI=1S/C16H29N/c1-2-3-4-5-6-7-8-9-10-11-13-16-14-12-15-17-16/h12,14-16H,2-11,13H2,1H3. The fourth-order valence-corrected chi connectivity index (χ4v) is 2.40. The van der Waals surface area contributed by atoms with Crippen LogP contribution in [0.1, 0.15) is 77.6 Å². The Kier molecular flexibility index (Phi) is 8.99. The Balaban J connectivity index is 1.72. The maximum atomic E-state index is 4.38. The summed E-state index contributed by atoms with van der Waals surface area (Å²) in [6.07, 6.45) is 21.7. The smallest absolute Gasteiger partial charge is 0.0683 e. The maximum absolute atomic E-state index is 4.38. The highest BCUT2D eigenvalue weighted by molar-refractivity contribution is 5.74. The summed E-state index contributed by atoms with van der Waals surface area (Å²) in [5.41, 5.74) is 0. The van der Waals surface area contributed by atoms with E-state index in [4.69, 9.17) is 0 Å². The first-order valence-electron chi connectivity index (χ1n) is 7.63. The molecule has 0 aromatic rings. The van der Waals surface area contributed by atoms with Crippen molar-refractivity contribution in [2.24, 2.45) is 4.99 Å². The largest absolute Gasteiger partial charge is 0.286 e. The summed E-state index contributed by atoms with van der Waals surface area (Å²) in [4.78, 5) is 4.38. The highest BCUT2D eigenvalue weighted by Crippen LogP contribution is 2.14. The summed E-state index contributed by atoms with van der Waals surface area (Å²) >= 11 is 0. The lowest BCUT2D eigenvalue weighted by Crippen LogP contribution is -1.96. The molecule has 0 bridgehead atoms. The molecule has 1 heterocycles. The van der Waals surface area contributed by atoms with Gasteiger partial charge in [-0.3, -0.25) is 4.99 Å². The van der Waals surface area contributed by atoms with Crippen molar-refractivity contribution in [3.63, 3.8) is 0 Å². The van der Waals surface area contributed by atoms with Gasteiger partial charge >= 0.3 is 0 Å². The zero-order valence-electron chi connectivity index (χ0n) is 11.5. The molecule has 0 aliphatic carbocycles. The fraction of sp³-hybridized carbons (Fsp3) is 0.812. The minimum absolute atomic E-state index is 0.504. The van der Waals surface area contributed by atoms with Crippen molar-refractivity contribution in [2.45, 2.75) is 83.6 Å². The molecule has 0 amide bonds. The van der Waals surface area contributed by atoms with Crippen LogP contribution in [0.3, 0.4) is 0 Å². The van der Waals surface area contributed by atoms with Crippen LogP contribution in [-0.2, 0) is 0 Å². The summed E-state index contributed by atoms with van der Waals surface area (Å²) in [6.45, 7) is 2.28. The third kappa shape index (κ3) is 8.18. The SMILES string of the molecule is CCCCCCCCCCCCC1C=CC=N1. The summed E-state index contributed by atoms with van der Waals surface area (Å²) in [5, 5.41) is 0. The van der Waals surface area contributed by atoms with Gasteiger partial charge < -0.3 is 0 Å². The number of hydrogen-bond acceptors (Lipinski definition) is 1. The van der Waals surface area contributed by atoms with Gasteiger partial charge in [0, 0.05) is 6.21 Å². The van der Waals surface area contributed by atoms with Crippen molar-refractivity contribution < 1.29 is 0 Å². The lowest BCUT2D eigenvalue weighted by molar-refractivity contribution is 0.543. The van der Waals surface area contributed by atoms with Gasteiger partial charge in [-0.1, -0.05) is 77.2 Å². The number of nitrogens with zero attached hydrogens (tertiary/aromatic N) is 1. The third-order valence-corrected chi connectivity index (χ3v) is 3.55. The molecule has 0 aromatic heterocycles. The average molecular weight is 235 g/mol. The minimum atomic E-state index is 0.504. The average Bonchev–Trinajstić information content (AvgIpc) is 2.85. The van der Waals surface area contributed by atoms with Crippen LogP contribution in [-0.4, -0.2) is 12.3 Å². The van der Waals surface area contributed by atoms with Crippen LogP contribution in [0.5, 0.6) is 0 Å². The van der Waals surface area contributed by atoms with E-state index in [1.54, 1.807) is 0 Å². The van der Waals surface area contributed by atoms with Crippen LogP contribution in [0.2, 0.25) is 0 Å². The highest BCUT2D eigenvalue weighted by Gasteiger charge is 2.03. The second kappa shape index (κ2) is 10.6. The number of allylic oxidation sites excluding steroid dienone is 1. The Morgan fingerprint density at radius 3 is 1.94 bits per heavy atom. The van der Waals surface area contributed by atoms with E-state index in [-0.39, 0.29) is 0 Å². The van der Waals surface area contributed by atoms with E-state index >= 15 is 0 Å². The number of aliphatic imine (C=N–C) groups is 1. The van der Waals surface area contributed by atoms with Gasteiger partial charge in [0.1, 0.15) is 0 Å². The predicted octanol–water partition coefficient (Wildman–Crippen LogP) is 5.31. The van der Waals surface area contributed by atoms with E-state index in [2.05, 4.69) is 24.1 Å². The van der Waals surface area contributed by atoms with Gasteiger partial charge in [0.05, 0.1) is 6.04 Å². The molecule has 0 fully saturated rings. The molecular formula is C16H29N. The highest BCUT2D eigenvalue weighted by atomic mass is 14.8. The summed E-state index contributed by atoms with van der Waals surface area (Å²) in [5.74, 6) is 0. The Hall–Kier alpha value is -0.590. The van der Waals surface area contributed by atoms with Gasteiger partial charge in [-0.05, 0) is 12.5 Å². The second-order valence-corrected chi connectivity index (χ2v) is 5.22. The van der Waals surface area contributed by atoms with Gasteiger partial charge in [0.25, 0.3) is 0 Å². The van der Waals surface area contributed by atoms with Crippen molar-refractivity contribution in [2.75, 3.05) is 0 Å². The molecule has 1 unspecified atom stereocenters. The molecular weight excluding hydrogens is 206 g/mol. The molecule has 0 aromatic carbocycles. The van der Waals surface area contributed by atoms with Gasteiger partial charge in [0.2, 0.25) is 0 Å². The summed E-state index contributed by atoms with van der Waals surface area (Å²) in [7, 11) is 0. The van der Waals surface area contributed by atoms with E-state index in [0.29, 0.717) is 6.04 Å². The van der Waals surface area contributed by atoms with E-state index in [9.17, 15) is 0 Å². The zero-order chi connectivity index (χ0) is 12.2. The van der Waals surface area contributed by atoms with Gasteiger partial charge in [-0.2, -0.15) is 0 Å². The Labute approximate surface area is 107 Å². The number of unbranched alkanes of at least 4 members (excludes halogenated alkanes) is 9. The molecule has 0 radical (unpaired) electrons. The first-order valence-corrected chi connectivity index (χ1v) is 7.63. The van der Waals surface area contributed by atoms with E-state index in [0.717, 1.165) is 0 Å². The predicted molar refractivity (Wildman–Crippen MR) is 77.9 cm³/mol. The molecule has 1 aliphatic heterocycles. The monoisotopic (exact) mass is 235 g/mol. The zero-order valence-corrected chi connectivity index (χ0v) is 11.5. The number of rotatable bonds is 11. The van der Waals surface area contributed by atoms with Crippen molar-refractivity contribution in [1.82, 2.24) is 0 Å². The van der Waals surface area contributed by atoms with Crippen molar-refractivity contribution >= 4 is 6.21 Å². The molecule has 17 heavy (non-hydrogen) atoms. The minimum Gasteiger partial charge on any atom is -0.286 e. The van der Waals surface area contributed by atoms with Crippen LogP contribution >= 0.6 is 0 Å². The maximum Gasteiger partial charge on any atom is 0.0683 e. The van der Waals surface area contributed by atoms with E-state index in [1.807, 2.05) is 6.21 Å². The number of hydrogen-bond donors (Lipinski definition) is 0. The van der Waals surface area contributed by atoms with Gasteiger partial charge in [-0.25, -0.2) is 0 Å². The van der Waals surface area contributed by atoms with E-state index in [1.165, 1.54) is 70.6 Å². The molecule has 1 nitrogen and oxygen atoms in total. The molecule has 1 aliphatic rings. The molecule has 0 saturated heterocycles. The van der Waals surface area contributed by atoms with Gasteiger partial charge in [-0.15, -0.1) is 0 Å². The molecule has 1 rings (SSSR count). The molecule has 0 spiro atoms. The summed E-state index contributed by atoms with van der Waals surface area (Å²) < 4.78 is 0. The van der Waals surface area contributed by atoms with Crippen molar-refractivity contribution in [1.29, 1.82) is 0 Å².